The van der Waals surface area contributed by atoms with Crippen molar-refractivity contribution in [3.63, 3.8) is 0 Å². The third-order valence-corrected chi connectivity index (χ3v) is 4.64. The van der Waals surface area contributed by atoms with E-state index in [1.54, 1.807) is 6.92 Å². The number of carboxylic acids is 1. The van der Waals surface area contributed by atoms with Gasteiger partial charge in [-0.2, -0.15) is 4.72 Å². The standard InChI is InChI=1S/C9H11NO6S2/c1-2-16-7(11)4-10-18(14,15)8-3-6(5-17-8)9(12)13/h3,5,10H,2,4H2,1H3,(H,12,13). The first-order valence-corrected chi connectivity index (χ1v) is 7.20. The number of carbonyl (C=O) groups is 2. The molecule has 0 aromatic carbocycles. The van der Waals surface area contributed by atoms with Gasteiger partial charge in [0.15, 0.2) is 0 Å². The van der Waals surface area contributed by atoms with Crippen LogP contribution in [0.3, 0.4) is 0 Å². The third kappa shape index (κ3) is 3.79. The highest BCUT2D eigenvalue weighted by molar-refractivity contribution is 7.91. The second-order valence-corrected chi connectivity index (χ2v) is 5.99. The highest BCUT2D eigenvalue weighted by Crippen LogP contribution is 2.19. The monoisotopic (exact) mass is 293 g/mol. The molecule has 1 aromatic heterocycles. The minimum absolute atomic E-state index is 0.114. The fraction of sp³-hybridized carbons (Fsp3) is 0.333. The van der Waals surface area contributed by atoms with Gasteiger partial charge in [0.2, 0.25) is 0 Å². The molecular formula is C9H11NO6S2. The molecule has 0 unspecified atom stereocenters. The maximum absolute atomic E-state index is 11.7. The van der Waals surface area contributed by atoms with E-state index in [2.05, 4.69) is 4.74 Å². The maximum atomic E-state index is 11.7. The minimum atomic E-state index is -3.88. The number of esters is 1. The highest BCUT2D eigenvalue weighted by atomic mass is 32.2. The molecule has 100 valence electrons. The SMILES string of the molecule is CCOC(=O)CNS(=O)(=O)c1cc(C(=O)O)cs1. The van der Waals surface area contributed by atoms with E-state index in [0.717, 1.165) is 17.4 Å². The zero-order valence-corrected chi connectivity index (χ0v) is 11.0. The summed E-state index contributed by atoms with van der Waals surface area (Å²) in [7, 11) is -3.88. The zero-order chi connectivity index (χ0) is 13.8. The van der Waals surface area contributed by atoms with Gasteiger partial charge in [-0.05, 0) is 13.0 Å². The van der Waals surface area contributed by atoms with Gasteiger partial charge in [-0.3, -0.25) is 4.79 Å². The van der Waals surface area contributed by atoms with E-state index in [4.69, 9.17) is 5.11 Å². The number of rotatable bonds is 6. The van der Waals surface area contributed by atoms with Crippen molar-refractivity contribution in [2.45, 2.75) is 11.1 Å². The Kier molecular flexibility index (Phi) is 4.82. The molecular weight excluding hydrogens is 282 g/mol. The lowest BCUT2D eigenvalue weighted by Crippen LogP contribution is -2.30. The van der Waals surface area contributed by atoms with Crippen molar-refractivity contribution < 1.29 is 27.9 Å². The number of nitrogens with one attached hydrogen (secondary N) is 1. The Hall–Kier alpha value is -1.45. The average Bonchev–Trinajstić information content (AvgIpc) is 2.77. The van der Waals surface area contributed by atoms with E-state index in [9.17, 15) is 18.0 Å². The summed E-state index contributed by atoms with van der Waals surface area (Å²) in [6.45, 7) is 1.27. The van der Waals surface area contributed by atoms with Crippen molar-refractivity contribution in [2.24, 2.45) is 0 Å². The van der Waals surface area contributed by atoms with Crippen LogP contribution in [0.5, 0.6) is 0 Å². The number of hydrogen-bond donors (Lipinski definition) is 2. The van der Waals surface area contributed by atoms with Crippen molar-refractivity contribution in [3.05, 3.63) is 17.0 Å². The van der Waals surface area contributed by atoms with E-state index in [1.165, 1.54) is 5.38 Å². The Morgan fingerprint density at radius 1 is 1.50 bits per heavy atom. The summed E-state index contributed by atoms with van der Waals surface area (Å²) >= 11 is 0.766. The molecule has 0 bridgehead atoms. The summed E-state index contributed by atoms with van der Waals surface area (Å²) in [6, 6.07) is 1.03. The summed E-state index contributed by atoms with van der Waals surface area (Å²) in [4.78, 5) is 21.6. The van der Waals surface area contributed by atoms with Crippen LogP contribution in [-0.2, 0) is 19.6 Å². The summed E-state index contributed by atoms with van der Waals surface area (Å²) in [5.74, 6) is -1.91. The number of aromatic carboxylic acids is 1. The van der Waals surface area contributed by atoms with Crippen molar-refractivity contribution in [3.8, 4) is 0 Å². The molecule has 7 nitrogen and oxygen atoms in total. The Balaban J connectivity index is 2.74. The molecule has 1 aromatic rings. The van der Waals surface area contributed by atoms with Crippen molar-refractivity contribution in [1.82, 2.24) is 4.72 Å². The highest BCUT2D eigenvalue weighted by Gasteiger charge is 2.19. The fourth-order valence-electron chi connectivity index (χ4n) is 1.01. The Morgan fingerprint density at radius 3 is 2.67 bits per heavy atom. The summed E-state index contributed by atoms with van der Waals surface area (Å²) < 4.78 is 29.8. The van der Waals surface area contributed by atoms with Gasteiger partial charge in [-0.25, -0.2) is 13.2 Å². The first-order valence-electron chi connectivity index (χ1n) is 4.84. The van der Waals surface area contributed by atoms with Gasteiger partial charge in [-0.15, -0.1) is 11.3 Å². The molecule has 0 spiro atoms. The third-order valence-electron chi connectivity index (χ3n) is 1.80. The molecule has 0 fully saturated rings. The van der Waals surface area contributed by atoms with Crippen LogP contribution in [-0.4, -0.2) is 38.6 Å². The van der Waals surface area contributed by atoms with Crippen molar-refractivity contribution >= 4 is 33.3 Å². The molecule has 2 N–H and O–H groups in total. The molecule has 0 aliphatic heterocycles. The number of sulfonamides is 1. The van der Waals surface area contributed by atoms with Crippen LogP contribution in [0.2, 0.25) is 0 Å². The lowest BCUT2D eigenvalue weighted by atomic mass is 10.4. The lowest BCUT2D eigenvalue weighted by molar-refractivity contribution is -0.141. The van der Waals surface area contributed by atoms with Gasteiger partial charge in [-0.1, -0.05) is 0 Å². The van der Waals surface area contributed by atoms with E-state index in [0.29, 0.717) is 0 Å². The lowest BCUT2D eigenvalue weighted by Gasteiger charge is -2.03. The van der Waals surface area contributed by atoms with Crippen LogP contribution in [0.1, 0.15) is 17.3 Å². The van der Waals surface area contributed by atoms with Crippen LogP contribution in [0.15, 0.2) is 15.7 Å². The number of carbonyl (C=O) groups excluding carboxylic acids is 1. The van der Waals surface area contributed by atoms with Crippen LogP contribution in [0.25, 0.3) is 0 Å². The number of thiophene rings is 1. The summed E-state index contributed by atoms with van der Waals surface area (Å²) in [5.41, 5.74) is -0.114. The summed E-state index contributed by atoms with van der Waals surface area (Å²) in [5, 5.41) is 9.88. The van der Waals surface area contributed by atoms with Gasteiger partial charge in [0.1, 0.15) is 10.8 Å². The first-order chi connectivity index (χ1) is 8.36. The molecule has 0 aliphatic carbocycles. The van der Waals surface area contributed by atoms with E-state index in [1.807, 2.05) is 4.72 Å². The van der Waals surface area contributed by atoms with Gasteiger partial charge in [0.25, 0.3) is 10.0 Å². The Bertz CT molecular complexity index is 547. The predicted molar refractivity (Wildman–Crippen MR) is 63.1 cm³/mol. The number of hydrogen-bond acceptors (Lipinski definition) is 6. The first kappa shape index (κ1) is 14.6. The molecule has 1 heterocycles. The molecule has 0 amide bonds. The van der Waals surface area contributed by atoms with Gasteiger partial charge in [0.05, 0.1) is 12.2 Å². The Morgan fingerprint density at radius 2 is 2.17 bits per heavy atom. The normalized spacial score (nSPS) is 11.2. The zero-order valence-electron chi connectivity index (χ0n) is 9.37. The molecule has 0 aliphatic rings. The maximum Gasteiger partial charge on any atom is 0.336 e. The van der Waals surface area contributed by atoms with Crippen LogP contribution in [0.4, 0.5) is 0 Å². The van der Waals surface area contributed by atoms with Gasteiger partial charge < -0.3 is 9.84 Å². The van der Waals surface area contributed by atoms with Crippen molar-refractivity contribution in [1.29, 1.82) is 0 Å². The number of carboxylic acid groups (broad SMARTS) is 1. The molecule has 0 saturated heterocycles. The molecule has 0 saturated carbocycles. The molecule has 9 heteroatoms. The molecule has 0 radical (unpaired) electrons. The largest absolute Gasteiger partial charge is 0.478 e. The number of ether oxygens (including phenoxy) is 1. The van der Waals surface area contributed by atoms with Crippen LogP contribution < -0.4 is 4.72 Å². The van der Waals surface area contributed by atoms with Crippen LogP contribution >= 0.6 is 11.3 Å². The predicted octanol–water partition coefficient (Wildman–Crippen LogP) is 0.288. The molecule has 18 heavy (non-hydrogen) atoms. The summed E-state index contributed by atoms with van der Waals surface area (Å²) in [6.07, 6.45) is 0. The van der Waals surface area contributed by atoms with Gasteiger partial charge >= 0.3 is 11.9 Å². The van der Waals surface area contributed by atoms with E-state index in [-0.39, 0.29) is 16.4 Å². The minimum Gasteiger partial charge on any atom is -0.478 e. The fourth-order valence-corrected chi connectivity index (χ4v) is 3.17. The smallest absolute Gasteiger partial charge is 0.336 e. The molecule has 1 rings (SSSR count). The van der Waals surface area contributed by atoms with Crippen LogP contribution in [0, 0.1) is 0 Å². The van der Waals surface area contributed by atoms with Crippen molar-refractivity contribution in [2.75, 3.05) is 13.2 Å². The van der Waals surface area contributed by atoms with Gasteiger partial charge in [0, 0.05) is 5.38 Å². The topological polar surface area (TPSA) is 110 Å². The van der Waals surface area contributed by atoms with E-state index < -0.39 is 28.5 Å². The van der Waals surface area contributed by atoms with E-state index >= 15 is 0 Å². The Labute approximate surface area is 107 Å². The second kappa shape index (κ2) is 5.94. The quantitative estimate of drug-likeness (QED) is 0.729. The second-order valence-electron chi connectivity index (χ2n) is 3.09. The average molecular weight is 293 g/mol. The molecule has 0 atom stereocenters.